The number of rotatable bonds is 5. The van der Waals surface area contributed by atoms with Gasteiger partial charge < -0.3 is 10.3 Å². The molecule has 1 aromatic heterocycles. The van der Waals surface area contributed by atoms with Gasteiger partial charge in [0.15, 0.2) is 0 Å². The first-order valence-corrected chi connectivity index (χ1v) is 8.24. The van der Waals surface area contributed by atoms with Gasteiger partial charge in [0.25, 0.3) is 0 Å². The summed E-state index contributed by atoms with van der Waals surface area (Å²) in [7, 11) is 0. The van der Waals surface area contributed by atoms with E-state index in [9.17, 15) is 0 Å². The summed E-state index contributed by atoms with van der Waals surface area (Å²) in [5, 5.41) is 5.23. The van der Waals surface area contributed by atoms with Crippen molar-refractivity contribution in [3.05, 3.63) is 35.5 Å². The third-order valence-electron chi connectivity index (χ3n) is 4.99. The van der Waals surface area contributed by atoms with Crippen molar-refractivity contribution in [1.82, 2.24) is 10.3 Å². The van der Waals surface area contributed by atoms with Crippen molar-refractivity contribution in [2.45, 2.75) is 51.0 Å². The SMILES string of the molecule is c1ccc2c3c([nH]c2c1)C(NCCCC1CC1)CCC3. The number of fused-ring (bicyclic) bond motifs is 3. The van der Waals surface area contributed by atoms with E-state index in [4.69, 9.17) is 0 Å². The molecule has 106 valence electrons. The second kappa shape index (κ2) is 5.25. The maximum Gasteiger partial charge on any atom is 0.0476 e. The molecule has 2 nitrogen and oxygen atoms in total. The molecular formula is C18H24N2. The number of nitrogens with one attached hydrogen (secondary N) is 2. The van der Waals surface area contributed by atoms with E-state index in [0.29, 0.717) is 6.04 Å². The smallest absolute Gasteiger partial charge is 0.0476 e. The Balaban J connectivity index is 1.48. The quantitative estimate of drug-likeness (QED) is 0.776. The average molecular weight is 268 g/mol. The van der Waals surface area contributed by atoms with Crippen LogP contribution < -0.4 is 5.32 Å². The Labute approximate surface area is 121 Å². The van der Waals surface area contributed by atoms with E-state index < -0.39 is 0 Å². The van der Waals surface area contributed by atoms with Crippen LogP contribution in [-0.2, 0) is 6.42 Å². The molecule has 2 heteroatoms. The number of hydrogen-bond donors (Lipinski definition) is 2. The van der Waals surface area contributed by atoms with Crippen LogP contribution in [0.4, 0.5) is 0 Å². The third kappa shape index (κ3) is 2.37. The molecule has 0 saturated heterocycles. The standard InChI is InChI=1S/C18H24N2/c1-2-8-16-14(6-1)15-7-3-9-17(18(15)20-16)19-12-4-5-13-10-11-13/h1-2,6,8,13,17,19-20H,3-5,7,9-12H2. The van der Waals surface area contributed by atoms with E-state index in [-0.39, 0.29) is 0 Å². The van der Waals surface area contributed by atoms with Gasteiger partial charge in [-0.25, -0.2) is 0 Å². The van der Waals surface area contributed by atoms with E-state index in [1.54, 1.807) is 5.56 Å². The van der Waals surface area contributed by atoms with Gasteiger partial charge in [-0.15, -0.1) is 0 Å². The predicted molar refractivity (Wildman–Crippen MR) is 83.9 cm³/mol. The monoisotopic (exact) mass is 268 g/mol. The summed E-state index contributed by atoms with van der Waals surface area (Å²) in [6.45, 7) is 1.18. The highest BCUT2D eigenvalue weighted by Crippen LogP contribution is 2.35. The first-order valence-electron chi connectivity index (χ1n) is 8.24. The number of benzene rings is 1. The van der Waals surface area contributed by atoms with Crippen molar-refractivity contribution in [1.29, 1.82) is 0 Å². The first-order chi connectivity index (χ1) is 9.92. The highest BCUT2D eigenvalue weighted by Gasteiger charge is 2.24. The fourth-order valence-corrected chi connectivity index (χ4v) is 3.69. The fraction of sp³-hybridized carbons (Fsp3) is 0.556. The van der Waals surface area contributed by atoms with Crippen molar-refractivity contribution >= 4 is 10.9 Å². The normalized spacial score (nSPS) is 22.1. The molecule has 0 radical (unpaired) electrons. The molecule has 1 saturated carbocycles. The summed E-state index contributed by atoms with van der Waals surface area (Å²) < 4.78 is 0. The molecule has 1 aromatic carbocycles. The Morgan fingerprint density at radius 2 is 2.05 bits per heavy atom. The Morgan fingerprint density at radius 3 is 2.95 bits per heavy atom. The summed E-state index contributed by atoms with van der Waals surface area (Å²) in [6.07, 6.45) is 9.57. The van der Waals surface area contributed by atoms with Crippen molar-refractivity contribution in [3.63, 3.8) is 0 Å². The lowest BCUT2D eigenvalue weighted by atomic mass is 9.91. The van der Waals surface area contributed by atoms with E-state index in [0.717, 1.165) is 5.92 Å². The van der Waals surface area contributed by atoms with Gasteiger partial charge in [-0.2, -0.15) is 0 Å². The molecule has 20 heavy (non-hydrogen) atoms. The highest BCUT2D eigenvalue weighted by molar-refractivity contribution is 5.85. The maximum atomic E-state index is 3.79. The van der Waals surface area contributed by atoms with Gasteiger partial charge in [-0.05, 0) is 56.2 Å². The molecule has 1 heterocycles. The molecule has 0 amide bonds. The predicted octanol–water partition coefficient (Wildman–Crippen LogP) is 4.33. The van der Waals surface area contributed by atoms with Gasteiger partial charge >= 0.3 is 0 Å². The zero-order valence-corrected chi connectivity index (χ0v) is 12.1. The van der Waals surface area contributed by atoms with Gasteiger partial charge in [0.1, 0.15) is 0 Å². The molecule has 0 bridgehead atoms. The second-order valence-electron chi connectivity index (χ2n) is 6.55. The summed E-state index contributed by atoms with van der Waals surface area (Å²) in [5.74, 6) is 1.06. The minimum atomic E-state index is 0.547. The molecule has 2 aliphatic rings. The maximum absolute atomic E-state index is 3.79. The molecule has 0 spiro atoms. The summed E-state index contributed by atoms with van der Waals surface area (Å²) in [4.78, 5) is 3.67. The number of para-hydroxylation sites is 1. The molecule has 2 aromatic rings. The molecule has 1 atom stereocenters. The molecule has 4 rings (SSSR count). The van der Waals surface area contributed by atoms with Crippen LogP contribution in [0.2, 0.25) is 0 Å². The summed E-state index contributed by atoms with van der Waals surface area (Å²) >= 11 is 0. The second-order valence-corrected chi connectivity index (χ2v) is 6.55. The average Bonchev–Trinajstić information content (AvgIpc) is 3.23. The number of aromatic amines is 1. The molecule has 1 fully saturated rings. The Bertz CT molecular complexity index is 594. The van der Waals surface area contributed by atoms with Crippen LogP contribution in [0.25, 0.3) is 10.9 Å². The van der Waals surface area contributed by atoms with Crippen molar-refractivity contribution in [3.8, 4) is 0 Å². The van der Waals surface area contributed by atoms with Gasteiger partial charge in [0.2, 0.25) is 0 Å². The van der Waals surface area contributed by atoms with Gasteiger partial charge in [-0.1, -0.05) is 31.0 Å². The molecular weight excluding hydrogens is 244 g/mol. The highest BCUT2D eigenvalue weighted by atomic mass is 14.9. The van der Waals surface area contributed by atoms with Gasteiger partial charge in [0.05, 0.1) is 0 Å². The molecule has 2 N–H and O–H groups in total. The molecule has 0 aliphatic heterocycles. The van der Waals surface area contributed by atoms with E-state index in [1.807, 2.05) is 0 Å². The van der Waals surface area contributed by atoms with Gasteiger partial charge in [0, 0.05) is 22.6 Å². The Hall–Kier alpha value is -1.28. The van der Waals surface area contributed by atoms with E-state index in [2.05, 4.69) is 34.6 Å². The summed E-state index contributed by atoms with van der Waals surface area (Å²) in [6, 6.07) is 9.30. The largest absolute Gasteiger partial charge is 0.357 e. The van der Waals surface area contributed by atoms with Crippen LogP contribution in [0.5, 0.6) is 0 Å². The van der Waals surface area contributed by atoms with E-state index >= 15 is 0 Å². The third-order valence-corrected chi connectivity index (χ3v) is 4.99. The van der Waals surface area contributed by atoms with Crippen LogP contribution in [0.1, 0.15) is 55.8 Å². The molecule has 2 aliphatic carbocycles. The van der Waals surface area contributed by atoms with E-state index in [1.165, 1.54) is 68.1 Å². The van der Waals surface area contributed by atoms with Crippen molar-refractivity contribution < 1.29 is 0 Å². The van der Waals surface area contributed by atoms with Crippen molar-refractivity contribution in [2.75, 3.05) is 6.54 Å². The minimum Gasteiger partial charge on any atom is -0.357 e. The lowest BCUT2D eigenvalue weighted by molar-refractivity contribution is 0.442. The van der Waals surface area contributed by atoms with Crippen LogP contribution in [-0.4, -0.2) is 11.5 Å². The fourth-order valence-electron chi connectivity index (χ4n) is 3.69. The minimum absolute atomic E-state index is 0.547. The van der Waals surface area contributed by atoms with Crippen molar-refractivity contribution in [2.24, 2.45) is 5.92 Å². The topological polar surface area (TPSA) is 27.8 Å². The van der Waals surface area contributed by atoms with Gasteiger partial charge in [-0.3, -0.25) is 0 Å². The van der Waals surface area contributed by atoms with Crippen LogP contribution >= 0.6 is 0 Å². The Kier molecular flexibility index (Phi) is 3.27. The molecule has 1 unspecified atom stereocenters. The van der Waals surface area contributed by atoms with Crippen LogP contribution in [0, 0.1) is 5.92 Å². The zero-order chi connectivity index (χ0) is 13.4. The lowest BCUT2D eigenvalue weighted by Crippen LogP contribution is -2.26. The first kappa shape index (κ1) is 12.5. The summed E-state index contributed by atoms with van der Waals surface area (Å²) in [5.41, 5.74) is 4.33. The number of aryl methyl sites for hydroxylation is 1. The number of hydrogen-bond acceptors (Lipinski definition) is 1. The lowest BCUT2D eigenvalue weighted by Gasteiger charge is -2.24. The Morgan fingerprint density at radius 1 is 1.15 bits per heavy atom. The number of aromatic nitrogens is 1. The van der Waals surface area contributed by atoms with Crippen LogP contribution in [0.15, 0.2) is 24.3 Å². The number of H-pyrrole nitrogens is 1. The van der Waals surface area contributed by atoms with Crippen LogP contribution in [0.3, 0.4) is 0 Å². The zero-order valence-electron chi connectivity index (χ0n) is 12.1.